The van der Waals surface area contributed by atoms with E-state index in [0.717, 1.165) is 16.0 Å². The van der Waals surface area contributed by atoms with Crippen molar-refractivity contribution < 1.29 is 9.53 Å². The molecule has 1 amide bonds. The van der Waals surface area contributed by atoms with Crippen molar-refractivity contribution in [3.05, 3.63) is 45.6 Å². The zero-order chi connectivity index (χ0) is 15.7. The van der Waals surface area contributed by atoms with Gasteiger partial charge in [0.25, 0.3) is 5.91 Å². The summed E-state index contributed by atoms with van der Waals surface area (Å²) in [7, 11) is 0. The van der Waals surface area contributed by atoms with Crippen LogP contribution in [0, 0.1) is 0 Å². The number of hydrogen-bond acceptors (Lipinski definition) is 3. The van der Waals surface area contributed by atoms with E-state index in [2.05, 4.69) is 0 Å². The van der Waals surface area contributed by atoms with E-state index >= 15 is 0 Å². The van der Waals surface area contributed by atoms with Crippen LogP contribution >= 0.6 is 22.9 Å². The number of thiophene rings is 1. The van der Waals surface area contributed by atoms with E-state index in [1.807, 2.05) is 54.5 Å². The molecule has 3 nitrogen and oxygen atoms in total. The van der Waals surface area contributed by atoms with Crippen LogP contribution in [0.15, 0.2) is 35.7 Å². The Kier molecular flexibility index (Phi) is 4.52. The minimum absolute atomic E-state index is 0.0865. The van der Waals surface area contributed by atoms with Crippen LogP contribution in [-0.4, -0.2) is 36.1 Å². The van der Waals surface area contributed by atoms with Crippen LogP contribution in [0.4, 0.5) is 0 Å². The SMILES string of the molecule is CC1CN(C(=O)c2cc(-c3ccc(Cl)cc3)cs2)CC(C)O1. The lowest BCUT2D eigenvalue weighted by Gasteiger charge is -2.35. The molecule has 0 spiro atoms. The maximum atomic E-state index is 12.6. The van der Waals surface area contributed by atoms with Gasteiger partial charge in [0, 0.05) is 18.1 Å². The Morgan fingerprint density at radius 3 is 2.45 bits per heavy atom. The van der Waals surface area contributed by atoms with Gasteiger partial charge in [0.2, 0.25) is 0 Å². The van der Waals surface area contributed by atoms with E-state index in [0.29, 0.717) is 18.1 Å². The third-order valence-electron chi connectivity index (χ3n) is 3.69. The van der Waals surface area contributed by atoms with Crippen molar-refractivity contribution >= 4 is 28.8 Å². The van der Waals surface area contributed by atoms with Gasteiger partial charge in [-0.2, -0.15) is 0 Å². The van der Waals surface area contributed by atoms with Gasteiger partial charge >= 0.3 is 0 Å². The van der Waals surface area contributed by atoms with Crippen LogP contribution < -0.4 is 0 Å². The Bertz CT molecular complexity index is 658. The second kappa shape index (κ2) is 6.41. The molecule has 2 unspecified atom stereocenters. The fourth-order valence-corrected chi connectivity index (χ4v) is 3.75. The summed E-state index contributed by atoms with van der Waals surface area (Å²) in [5, 5.41) is 2.73. The van der Waals surface area contributed by atoms with Crippen LogP contribution in [0.1, 0.15) is 23.5 Å². The molecule has 1 fully saturated rings. The van der Waals surface area contributed by atoms with Crippen molar-refractivity contribution in [2.75, 3.05) is 13.1 Å². The number of hydrogen-bond donors (Lipinski definition) is 0. The zero-order valence-electron chi connectivity index (χ0n) is 12.6. The summed E-state index contributed by atoms with van der Waals surface area (Å²) in [6, 6.07) is 9.62. The van der Waals surface area contributed by atoms with Crippen LogP contribution in [0.5, 0.6) is 0 Å². The smallest absolute Gasteiger partial charge is 0.264 e. The summed E-state index contributed by atoms with van der Waals surface area (Å²) in [6.07, 6.45) is 0.173. The molecule has 0 N–H and O–H groups in total. The Hall–Kier alpha value is -1.36. The van der Waals surface area contributed by atoms with E-state index < -0.39 is 0 Å². The molecule has 0 bridgehead atoms. The molecular weight excluding hydrogens is 318 g/mol. The molecular formula is C17H18ClNO2S. The van der Waals surface area contributed by atoms with Gasteiger partial charge in [-0.05, 0) is 48.6 Å². The van der Waals surface area contributed by atoms with Gasteiger partial charge in [0.15, 0.2) is 0 Å². The van der Waals surface area contributed by atoms with E-state index in [1.54, 1.807) is 0 Å². The molecule has 1 aromatic heterocycles. The quantitative estimate of drug-likeness (QED) is 0.818. The number of halogens is 1. The first-order valence-corrected chi connectivity index (χ1v) is 8.58. The molecule has 0 aliphatic carbocycles. The summed E-state index contributed by atoms with van der Waals surface area (Å²) in [5.41, 5.74) is 2.13. The Labute approximate surface area is 139 Å². The minimum Gasteiger partial charge on any atom is -0.372 e. The van der Waals surface area contributed by atoms with Gasteiger partial charge in [0.1, 0.15) is 0 Å². The number of carbonyl (C=O) groups is 1. The lowest BCUT2D eigenvalue weighted by Crippen LogP contribution is -2.48. The van der Waals surface area contributed by atoms with E-state index in [-0.39, 0.29) is 18.1 Å². The zero-order valence-corrected chi connectivity index (χ0v) is 14.2. The maximum Gasteiger partial charge on any atom is 0.264 e. The largest absolute Gasteiger partial charge is 0.372 e. The molecule has 2 heterocycles. The normalized spacial score (nSPS) is 21.9. The summed E-state index contributed by atoms with van der Waals surface area (Å²) >= 11 is 7.40. The highest BCUT2D eigenvalue weighted by Crippen LogP contribution is 2.28. The second-order valence-corrected chi connectivity index (χ2v) is 7.02. The number of nitrogens with zero attached hydrogens (tertiary/aromatic N) is 1. The Morgan fingerprint density at radius 1 is 1.18 bits per heavy atom. The van der Waals surface area contributed by atoms with Crippen LogP contribution in [-0.2, 0) is 4.74 Å². The van der Waals surface area contributed by atoms with Crippen LogP contribution in [0.3, 0.4) is 0 Å². The lowest BCUT2D eigenvalue weighted by atomic mass is 10.1. The molecule has 0 radical (unpaired) electrons. The molecule has 3 rings (SSSR count). The van der Waals surface area contributed by atoms with Gasteiger partial charge in [-0.15, -0.1) is 11.3 Å². The van der Waals surface area contributed by atoms with E-state index in [4.69, 9.17) is 16.3 Å². The predicted molar refractivity (Wildman–Crippen MR) is 90.7 cm³/mol. The number of rotatable bonds is 2. The fourth-order valence-electron chi connectivity index (χ4n) is 2.74. The van der Waals surface area contributed by atoms with Gasteiger partial charge < -0.3 is 9.64 Å². The lowest BCUT2D eigenvalue weighted by molar-refractivity contribution is -0.0585. The van der Waals surface area contributed by atoms with Crippen molar-refractivity contribution in [1.82, 2.24) is 4.90 Å². The first-order valence-electron chi connectivity index (χ1n) is 7.32. The monoisotopic (exact) mass is 335 g/mol. The summed E-state index contributed by atoms with van der Waals surface area (Å²) in [6.45, 7) is 5.31. The number of amides is 1. The van der Waals surface area contributed by atoms with Crippen molar-refractivity contribution in [3.63, 3.8) is 0 Å². The fraction of sp³-hybridized carbons (Fsp3) is 0.353. The summed E-state index contributed by atoms with van der Waals surface area (Å²) in [5.74, 6) is 0.0900. The van der Waals surface area contributed by atoms with Crippen molar-refractivity contribution in [3.8, 4) is 11.1 Å². The first kappa shape index (κ1) is 15.5. The second-order valence-electron chi connectivity index (χ2n) is 5.67. The molecule has 2 atom stereocenters. The highest BCUT2D eigenvalue weighted by atomic mass is 35.5. The molecule has 5 heteroatoms. The third kappa shape index (κ3) is 3.35. The maximum absolute atomic E-state index is 12.6. The number of ether oxygens (including phenoxy) is 1. The highest BCUT2D eigenvalue weighted by molar-refractivity contribution is 7.12. The van der Waals surface area contributed by atoms with E-state index in [9.17, 15) is 4.79 Å². The molecule has 2 aromatic rings. The highest BCUT2D eigenvalue weighted by Gasteiger charge is 2.27. The molecule has 22 heavy (non-hydrogen) atoms. The van der Waals surface area contributed by atoms with Crippen molar-refractivity contribution in [2.45, 2.75) is 26.1 Å². The average molecular weight is 336 g/mol. The summed E-state index contributed by atoms with van der Waals surface area (Å²) in [4.78, 5) is 15.3. The van der Waals surface area contributed by atoms with Crippen LogP contribution in [0.25, 0.3) is 11.1 Å². The number of benzene rings is 1. The summed E-state index contributed by atoms with van der Waals surface area (Å²) < 4.78 is 5.69. The first-order chi connectivity index (χ1) is 10.5. The minimum atomic E-state index is 0.0865. The predicted octanol–water partition coefficient (Wildman–Crippen LogP) is 4.32. The molecule has 1 aromatic carbocycles. The topological polar surface area (TPSA) is 29.5 Å². The third-order valence-corrected chi connectivity index (χ3v) is 4.86. The van der Waals surface area contributed by atoms with Gasteiger partial charge in [-0.1, -0.05) is 23.7 Å². The van der Waals surface area contributed by atoms with Crippen LogP contribution in [0.2, 0.25) is 5.02 Å². The van der Waals surface area contributed by atoms with Crippen molar-refractivity contribution in [1.29, 1.82) is 0 Å². The van der Waals surface area contributed by atoms with E-state index in [1.165, 1.54) is 11.3 Å². The number of morpholine rings is 1. The van der Waals surface area contributed by atoms with Crippen molar-refractivity contribution in [2.24, 2.45) is 0 Å². The number of carbonyl (C=O) groups excluding carboxylic acids is 1. The van der Waals surface area contributed by atoms with Gasteiger partial charge in [0.05, 0.1) is 17.1 Å². The standard InChI is InChI=1S/C17H18ClNO2S/c1-11-8-19(9-12(2)21-11)17(20)16-7-14(10-22-16)13-3-5-15(18)6-4-13/h3-7,10-12H,8-9H2,1-2H3. The Morgan fingerprint density at radius 2 is 1.82 bits per heavy atom. The van der Waals surface area contributed by atoms with Gasteiger partial charge in [-0.25, -0.2) is 0 Å². The molecule has 116 valence electrons. The molecule has 1 saturated heterocycles. The molecule has 1 aliphatic rings. The molecule has 1 aliphatic heterocycles. The average Bonchev–Trinajstić information content (AvgIpc) is 2.96. The molecule has 0 saturated carbocycles. The van der Waals surface area contributed by atoms with Gasteiger partial charge in [-0.3, -0.25) is 4.79 Å². The Balaban J connectivity index is 1.78.